The largest absolute Gasteiger partial charge is 0.352 e. The standard InChI is InChI=1S/C10H12N2O2/c1-2-10(13)11-7-8-3-5-9(12-14)6-4-8/h3-6H,2,7H2,1H3,(H,11,13). The molecule has 1 rings (SSSR count). The van der Waals surface area contributed by atoms with E-state index in [-0.39, 0.29) is 5.91 Å². The Balaban J connectivity index is 2.51. The van der Waals surface area contributed by atoms with Gasteiger partial charge in [0.15, 0.2) is 0 Å². The highest BCUT2D eigenvalue weighted by Gasteiger charge is 1.97. The highest BCUT2D eigenvalue weighted by atomic mass is 16.3. The van der Waals surface area contributed by atoms with Crippen molar-refractivity contribution in [2.45, 2.75) is 19.9 Å². The zero-order valence-electron chi connectivity index (χ0n) is 7.99. The molecule has 0 aliphatic rings. The fourth-order valence-electron chi connectivity index (χ4n) is 1.00. The Labute approximate surface area is 82.3 Å². The molecule has 0 aromatic heterocycles. The maximum Gasteiger partial charge on any atom is 0.219 e. The lowest BCUT2D eigenvalue weighted by atomic mass is 10.2. The molecule has 0 spiro atoms. The van der Waals surface area contributed by atoms with Gasteiger partial charge in [0.1, 0.15) is 5.69 Å². The summed E-state index contributed by atoms with van der Waals surface area (Å²) in [5.74, 6) is 0.0163. The van der Waals surface area contributed by atoms with E-state index in [1.54, 1.807) is 31.2 Å². The zero-order valence-corrected chi connectivity index (χ0v) is 7.99. The van der Waals surface area contributed by atoms with Crippen molar-refractivity contribution in [3.8, 4) is 0 Å². The van der Waals surface area contributed by atoms with Gasteiger partial charge in [-0.15, -0.1) is 4.91 Å². The summed E-state index contributed by atoms with van der Waals surface area (Å²) in [4.78, 5) is 21.0. The molecule has 0 aliphatic carbocycles. The van der Waals surface area contributed by atoms with Crippen LogP contribution in [0.2, 0.25) is 0 Å². The summed E-state index contributed by atoms with van der Waals surface area (Å²) in [5.41, 5.74) is 1.36. The van der Waals surface area contributed by atoms with Crippen molar-refractivity contribution < 1.29 is 4.79 Å². The Bertz CT molecular complexity index is 319. The second kappa shape index (κ2) is 5.11. The first-order valence-corrected chi connectivity index (χ1v) is 4.45. The number of carbonyl (C=O) groups is 1. The first-order valence-electron chi connectivity index (χ1n) is 4.45. The fraction of sp³-hybridized carbons (Fsp3) is 0.300. The van der Waals surface area contributed by atoms with Gasteiger partial charge in [-0.1, -0.05) is 19.1 Å². The quantitative estimate of drug-likeness (QED) is 0.743. The molecular formula is C10H12N2O2. The van der Waals surface area contributed by atoms with E-state index in [1.165, 1.54) is 0 Å². The minimum absolute atomic E-state index is 0.0163. The molecule has 0 heterocycles. The Kier molecular flexibility index (Phi) is 3.79. The number of amides is 1. The lowest BCUT2D eigenvalue weighted by Crippen LogP contribution is -2.21. The van der Waals surface area contributed by atoms with Gasteiger partial charge in [0.25, 0.3) is 0 Å². The van der Waals surface area contributed by atoms with Crippen molar-refractivity contribution in [2.24, 2.45) is 5.18 Å². The molecule has 74 valence electrons. The smallest absolute Gasteiger partial charge is 0.219 e. The average Bonchev–Trinajstić information content (AvgIpc) is 2.26. The van der Waals surface area contributed by atoms with Gasteiger partial charge in [-0.3, -0.25) is 4.79 Å². The first-order chi connectivity index (χ1) is 6.76. The maximum atomic E-state index is 10.9. The van der Waals surface area contributed by atoms with Gasteiger partial charge in [0.05, 0.1) is 0 Å². The monoisotopic (exact) mass is 192 g/mol. The third-order valence-electron chi connectivity index (χ3n) is 1.85. The number of hydrogen-bond donors (Lipinski definition) is 1. The van der Waals surface area contributed by atoms with Crippen LogP contribution in [0, 0.1) is 4.91 Å². The van der Waals surface area contributed by atoms with Crippen molar-refractivity contribution in [1.82, 2.24) is 5.32 Å². The van der Waals surface area contributed by atoms with Crippen molar-refractivity contribution in [3.63, 3.8) is 0 Å². The average molecular weight is 192 g/mol. The number of nitroso groups, excluding NO2 is 1. The predicted octanol–water partition coefficient (Wildman–Crippen LogP) is 2.11. The summed E-state index contributed by atoms with van der Waals surface area (Å²) in [6.45, 7) is 2.29. The molecule has 4 heteroatoms. The molecule has 0 aliphatic heterocycles. The van der Waals surface area contributed by atoms with Crippen molar-refractivity contribution >= 4 is 11.6 Å². The molecule has 0 fully saturated rings. The molecule has 1 amide bonds. The molecule has 0 radical (unpaired) electrons. The summed E-state index contributed by atoms with van der Waals surface area (Å²) >= 11 is 0. The van der Waals surface area contributed by atoms with Crippen LogP contribution >= 0.6 is 0 Å². The lowest BCUT2D eigenvalue weighted by molar-refractivity contribution is -0.120. The van der Waals surface area contributed by atoms with Gasteiger partial charge in [-0.05, 0) is 22.9 Å². The minimum Gasteiger partial charge on any atom is -0.352 e. The molecule has 0 bridgehead atoms. The number of nitrogens with one attached hydrogen (secondary N) is 1. The molecule has 0 unspecified atom stereocenters. The van der Waals surface area contributed by atoms with Crippen LogP contribution in [-0.2, 0) is 11.3 Å². The van der Waals surface area contributed by atoms with Gasteiger partial charge in [-0.25, -0.2) is 0 Å². The topological polar surface area (TPSA) is 58.5 Å². The molecule has 1 aromatic carbocycles. The van der Waals surface area contributed by atoms with Crippen molar-refractivity contribution in [3.05, 3.63) is 34.7 Å². The Morgan fingerprint density at radius 1 is 1.36 bits per heavy atom. The van der Waals surface area contributed by atoms with Gasteiger partial charge >= 0.3 is 0 Å². The van der Waals surface area contributed by atoms with Gasteiger partial charge in [0.2, 0.25) is 5.91 Å². The normalized spacial score (nSPS) is 9.50. The highest BCUT2D eigenvalue weighted by molar-refractivity contribution is 5.75. The Hall–Kier alpha value is -1.71. The molecule has 1 N–H and O–H groups in total. The van der Waals surface area contributed by atoms with E-state index in [0.717, 1.165) is 5.56 Å². The number of hydrogen-bond acceptors (Lipinski definition) is 3. The maximum absolute atomic E-state index is 10.9. The third kappa shape index (κ3) is 2.97. The third-order valence-corrected chi connectivity index (χ3v) is 1.85. The van der Waals surface area contributed by atoms with Crippen LogP contribution in [0.15, 0.2) is 29.4 Å². The van der Waals surface area contributed by atoms with E-state index in [1.807, 2.05) is 0 Å². The molecular weight excluding hydrogens is 180 g/mol. The predicted molar refractivity (Wildman–Crippen MR) is 54.0 cm³/mol. The van der Waals surface area contributed by atoms with Crippen LogP contribution in [0.1, 0.15) is 18.9 Å². The van der Waals surface area contributed by atoms with E-state index in [0.29, 0.717) is 18.7 Å². The second-order valence-electron chi connectivity index (χ2n) is 2.89. The van der Waals surface area contributed by atoms with Crippen LogP contribution < -0.4 is 5.32 Å². The van der Waals surface area contributed by atoms with Gasteiger partial charge in [0, 0.05) is 13.0 Å². The Morgan fingerprint density at radius 2 is 2.00 bits per heavy atom. The van der Waals surface area contributed by atoms with Crippen molar-refractivity contribution in [2.75, 3.05) is 0 Å². The summed E-state index contributed by atoms with van der Waals surface area (Å²) in [6, 6.07) is 6.79. The molecule has 0 saturated heterocycles. The van der Waals surface area contributed by atoms with Crippen LogP contribution in [0.3, 0.4) is 0 Å². The number of benzene rings is 1. The van der Waals surface area contributed by atoms with Crippen LogP contribution in [0.4, 0.5) is 5.69 Å². The molecule has 1 aromatic rings. The summed E-state index contributed by atoms with van der Waals surface area (Å²) in [7, 11) is 0. The molecule has 0 saturated carbocycles. The number of rotatable bonds is 4. The number of nitrogens with zero attached hydrogens (tertiary/aromatic N) is 1. The highest BCUT2D eigenvalue weighted by Crippen LogP contribution is 2.11. The van der Waals surface area contributed by atoms with E-state index >= 15 is 0 Å². The minimum atomic E-state index is 0.0163. The lowest BCUT2D eigenvalue weighted by Gasteiger charge is -2.02. The van der Waals surface area contributed by atoms with E-state index in [4.69, 9.17) is 0 Å². The van der Waals surface area contributed by atoms with E-state index in [2.05, 4.69) is 10.5 Å². The van der Waals surface area contributed by atoms with Crippen LogP contribution in [-0.4, -0.2) is 5.91 Å². The first kappa shape index (κ1) is 10.4. The number of carbonyl (C=O) groups excluding carboxylic acids is 1. The van der Waals surface area contributed by atoms with Gasteiger partial charge < -0.3 is 5.32 Å². The Morgan fingerprint density at radius 3 is 2.50 bits per heavy atom. The molecule has 14 heavy (non-hydrogen) atoms. The van der Waals surface area contributed by atoms with Gasteiger partial charge in [-0.2, -0.15) is 0 Å². The fourth-order valence-corrected chi connectivity index (χ4v) is 1.00. The summed E-state index contributed by atoms with van der Waals surface area (Å²) in [6.07, 6.45) is 0.480. The van der Waals surface area contributed by atoms with Crippen LogP contribution in [0.5, 0.6) is 0 Å². The summed E-state index contributed by atoms with van der Waals surface area (Å²) < 4.78 is 0. The van der Waals surface area contributed by atoms with Crippen molar-refractivity contribution in [1.29, 1.82) is 0 Å². The molecule has 0 atom stereocenters. The summed E-state index contributed by atoms with van der Waals surface area (Å²) in [5, 5.41) is 5.52. The van der Waals surface area contributed by atoms with E-state index < -0.39 is 0 Å². The molecule has 4 nitrogen and oxygen atoms in total. The van der Waals surface area contributed by atoms with Crippen LogP contribution in [0.25, 0.3) is 0 Å². The van der Waals surface area contributed by atoms with E-state index in [9.17, 15) is 9.70 Å². The second-order valence-corrected chi connectivity index (χ2v) is 2.89. The zero-order chi connectivity index (χ0) is 10.4. The SMILES string of the molecule is CCC(=O)NCc1ccc(N=O)cc1.